The van der Waals surface area contributed by atoms with Crippen molar-refractivity contribution in [2.24, 2.45) is 7.05 Å². The number of fused-ring (bicyclic) bond motifs is 1. The Kier molecular flexibility index (Phi) is 3.06. The van der Waals surface area contributed by atoms with Crippen molar-refractivity contribution in [3.05, 3.63) is 48.3 Å². The number of rotatable bonds is 3. The standard InChI is InChI=1S/C16H16N2O2/c1-3-20-16(19)14-9-8-13(17-14)12-10-18(2)15-7-5-4-6-11(12)15/h4-10,17H,3H2,1-2H3. The van der Waals surface area contributed by atoms with Crippen LogP contribution in [0.25, 0.3) is 22.2 Å². The summed E-state index contributed by atoms with van der Waals surface area (Å²) < 4.78 is 7.07. The smallest absolute Gasteiger partial charge is 0.354 e. The molecule has 0 unspecified atom stereocenters. The maximum absolute atomic E-state index is 11.7. The van der Waals surface area contributed by atoms with Crippen LogP contribution in [-0.4, -0.2) is 22.1 Å². The summed E-state index contributed by atoms with van der Waals surface area (Å²) in [5.41, 5.74) is 3.65. The van der Waals surface area contributed by atoms with Crippen LogP contribution in [-0.2, 0) is 11.8 Å². The lowest BCUT2D eigenvalue weighted by atomic mass is 10.1. The molecule has 0 fully saturated rings. The lowest BCUT2D eigenvalue weighted by molar-refractivity contribution is 0.0520. The summed E-state index contributed by atoms with van der Waals surface area (Å²) in [6, 6.07) is 11.9. The van der Waals surface area contributed by atoms with Crippen molar-refractivity contribution in [1.29, 1.82) is 0 Å². The second-order valence-corrected chi connectivity index (χ2v) is 4.68. The number of nitrogens with zero attached hydrogens (tertiary/aromatic N) is 1. The Hall–Kier alpha value is -2.49. The van der Waals surface area contributed by atoms with Gasteiger partial charge in [-0.1, -0.05) is 18.2 Å². The van der Waals surface area contributed by atoms with Gasteiger partial charge in [-0.15, -0.1) is 0 Å². The minimum Gasteiger partial charge on any atom is -0.461 e. The van der Waals surface area contributed by atoms with Gasteiger partial charge in [-0.3, -0.25) is 0 Å². The quantitative estimate of drug-likeness (QED) is 0.740. The fourth-order valence-corrected chi connectivity index (χ4v) is 2.44. The SMILES string of the molecule is CCOC(=O)c1ccc(-c2cn(C)c3ccccc23)[nH]1. The number of H-pyrrole nitrogens is 1. The van der Waals surface area contributed by atoms with E-state index in [1.54, 1.807) is 13.0 Å². The van der Waals surface area contributed by atoms with Crippen LogP contribution in [0.1, 0.15) is 17.4 Å². The molecule has 2 heterocycles. The highest BCUT2D eigenvalue weighted by Gasteiger charge is 2.13. The number of aromatic amines is 1. The molecule has 0 radical (unpaired) electrons. The van der Waals surface area contributed by atoms with Crippen LogP contribution < -0.4 is 0 Å². The average molecular weight is 268 g/mol. The van der Waals surface area contributed by atoms with Gasteiger partial charge >= 0.3 is 5.97 Å². The first-order valence-electron chi connectivity index (χ1n) is 6.61. The van der Waals surface area contributed by atoms with Crippen molar-refractivity contribution in [2.75, 3.05) is 6.61 Å². The van der Waals surface area contributed by atoms with Crippen molar-refractivity contribution in [3.8, 4) is 11.3 Å². The van der Waals surface area contributed by atoms with Crippen molar-refractivity contribution >= 4 is 16.9 Å². The van der Waals surface area contributed by atoms with Crippen LogP contribution in [0.4, 0.5) is 0 Å². The fourth-order valence-electron chi connectivity index (χ4n) is 2.44. The van der Waals surface area contributed by atoms with Crippen LogP contribution in [0.15, 0.2) is 42.6 Å². The molecule has 3 rings (SSSR count). The van der Waals surface area contributed by atoms with Gasteiger partial charge in [0.25, 0.3) is 0 Å². The molecule has 1 N–H and O–H groups in total. The third kappa shape index (κ3) is 1.99. The molecule has 4 nitrogen and oxygen atoms in total. The second-order valence-electron chi connectivity index (χ2n) is 4.68. The Labute approximate surface area is 117 Å². The van der Waals surface area contributed by atoms with Crippen LogP contribution in [0.5, 0.6) is 0 Å². The number of carbonyl (C=O) groups is 1. The lowest BCUT2D eigenvalue weighted by Gasteiger charge is -1.98. The topological polar surface area (TPSA) is 47.0 Å². The highest BCUT2D eigenvalue weighted by atomic mass is 16.5. The van der Waals surface area contributed by atoms with Gasteiger partial charge in [0.05, 0.1) is 6.61 Å². The van der Waals surface area contributed by atoms with Crippen LogP contribution >= 0.6 is 0 Å². The van der Waals surface area contributed by atoms with Crippen LogP contribution in [0.3, 0.4) is 0 Å². The molecule has 0 aliphatic heterocycles. The number of para-hydroxylation sites is 1. The van der Waals surface area contributed by atoms with Crippen molar-refractivity contribution in [3.63, 3.8) is 0 Å². The van der Waals surface area contributed by atoms with Gasteiger partial charge in [-0.25, -0.2) is 4.79 Å². The highest BCUT2D eigenvalue weighted by Crippen LogP contribution is 2.29. The molecule has 0 aliphatic rings. The summed E-state index contributed by atoms with van der Waals surface area (Å²) in [5.74, 6) is -0.320. The van der Waals surface area contributed by atoms with E-state index in [1.807, 2.05) is 25.2 Å². The molecule has 4 heteroatoms. The molecule has 0 atom stereocenters. The van der Waals surface area contributed by atoms with Crippen molar-refractivity contribution in [2.45, 2.75) is 6.92 Å². The zero-order chi connectivity index (χ0) is 14.1. The number of aryl methyl sites for hydroxylation is 1. The molecule has 0 saturated carbocycles. The number of ether oxygens (including phenoxy) is 1. The maximum Gasteiger partial charge on any atom is 0.354 e. The zero-order valence-electron chi connectivity index (χ0n) is 11.5. The number of hydrogen-bond donors (Lipinski definition) is 1. The van der Waals surface area contributed by atoms with E-state index >= 15 is 0 Å². The van der Waals surface area contributed by atoms with E-state index in [1.165, 1.54) is 0 Å². The van der Waals surface area contributed by atoms with Gasteiger partial charge in [0.15, 0.2) is 0 Å². The summed E-state index contributed by atoms with van der Waals surface area (Å²) in [6.45, 7) is 2.17. The van der Waals surface area contributed by atoms with Gasteiger partial charge in [-0.05, 0) is 25.1 Å². The summed E-state index contributed by atoms with van der Waals surface area (Å²) in [5, 5.41) is 1.16. The molecule has 2 aromatic heterocycles. The summed E-state index contributed by atoms with van der Waals surface area (Å²) in [7, 11) is 2.01. The third-order valence-electron chi connectivity index (χ3n) is 3.37. The summed E-state index contributed by atoms with van der Waals surface area (Å²) in [4.78, 5) is 14.8. The van der Waals surface area contributed by atoms with Gasteiger partial charge < -0.3 is 14.3 Å². The molecular weight excluding hydrogens is 252 g/mol. The lowest BCUT2D eigenvalue weighted by Crippen LogP contribution is -2.04. The molecule has 1 aromatic carbocycles. The van der Waals surface area contributed by atoms with E-state index in [4.69, 9.17) is 4.74 Å². The predicted octanol–water partition coefficient (Wildman–Crippen LogP) is 3.35. The number of aromatic nitrogens is 2. The van der Waals surface area contributed by atoms with Crippen molar-refractivity contribution < 1.29 is 9.53 Å². The Morgan fingerprint density at radius 1 is 1.25 bits per heavy atom. The van der Waals surface area contributed by atoms with Crippen molar-refractivity contribution in [1.82, 2.24) is 9.55 Å². The van der Waals surface area contributed by atoms with E-state index in [0.717, 1.165) is 22.2 Å². The monoisotopic (exact) mass is 268 g/mol. The van der Waals surface area contributed by atoms with E-state index in [9.17, 15) is 4.79 Å². The van der Waals surface area contributed by atoms with E-state index in [2.05, 4.69) is 27.9 Å². The Morgan fingerprint density at radius 3 is 2.85 bits per heavy atom. The number of nitrogens with one attached hydrogen (secondary N) is 1. The van der Waals surface area contributed by atoms with E-state index in [-0.39, 0.29) is 5.97 Å². The number of esters is 1. The van der Waals surface area contributed by atoms with Gasteiger partial charge in [0.1, 0.15) is 5.69 Å². The van der Waals surface area contributed by atoms with E-state index < -0.39 is 0 Å². The number of benzene rings is 1. The van der Waals surface area contributed by atoms with Gasteiger partial charge in [-0.2, -0.15) is 0 Å². The van der Waals surface area contributed by atoms with E-state index in [0.29, 0.717) is 12.3 Å². The summed E-state index contributed by atoms with van der Waals surface area (Å²) >= 11 is 0. The first-order valence-corrected chi connectivity index (χ1v) is 6.61. The summed E-state index contributed by atoms with van der Waals surface area (Å²) in [6.07, 6.45) is 2.06. The fraction of sp³-hybridized carbons (Fsp3) is 0.188. The molecule has 0 spiro atoms. The van der Waals surface area contributed by atoms with Gasteiger partial charge in [0.2, 0.25) is 0 Å². The minimum atomic E-state index is -0.320. The average Bonchev–Trinajstić information content (AvgIpc) is 3.05. The molecule has 0 bridgehead atoms. The van der Waals surface area contributed by atoms with Crippen LogP contribution in [0.2, 0.25) is 0 Å². The van der Waals surface area contributed by atoms with Gasteiger partial charge in [0, 0.05) is 35.4 Å². The third-order valence-corrected chi connectivity index (χ3v) is 3.37. The Bertz CT molecular complexity index is 768. The number of hydrogen-bond acceptors (Lipinski definition) is 2. The largest absolute Gasteiger partial charge is 0.461 e. The first kappa shape index (κ1) is 12.5. The Balaban J connectivity index is 2.06. The highest BCUT2D eigenvalue weighted by molar-refractivity contribution is 5.96. The first-order chi connectivity index (χ1) is 9.70. The molecule has 20 heavy (non-hydrogen) atoms. The zero-order valence-corrected chi connectivity index (χ0v) is 11.5. The molecular formula is C16H16N2O2. The molecule has 102 valence electrons. The second kappa shape index (κ2) is 4.89. The molecule has 0 aliphatic carbocycles. The van der Waals surface area contributed by atoms with Crippen LogP contribution in [0, 0.1) is 0 Å². The Morgan fingerprint density at radius 2 is 2.05 bits per heavy atom. The number of carbonyl (C=O) groups excluding carboxylic acids is 1. The predicted molar refractivity (Wildman–Crippen MR) is 78.7 cm³/mol. The minimum absolute atomic E-state index is 0.320. The molecule has 0 amide bonds. The molecule has 3 aromatic rings. The molecule has 0 saturated heterocycles. The normalized spacial score (nSPS) is 10.9. The maximum atomic E-state index is 11.7.